The quantitative estimate of drug-likeness (QED) is 0.654. The standard InChI is InChI=1S/C20H20FN3O3/c1-13(27-22)12-24-10-9-15-16(20(24)26)6-4-8-18(15)23-19(25)11-14-5-2-3-7-17(14)21/h2-10,13H,11-12,22H2,1H3,(H,23,25). The normalized spacial score (nSPS) is 12.1. The largest absolute Gasteiger partial charge is 0.325 e. The van der Waals surface area contributed by atoms with Crippen molar-refractivity contribution in [2.45, 2.75) is 26.0 Å². The number of hydrogen-bond donors (Lipinski definition) is 2. The highest BCUT2D eigenvalue weighted by Gasteiger charge is 2.12. The van der Waals surface area contributed by atoms with E-state index in [2.05, 4.69) is 5.32 Å². The Labute approximate surface area is 155 Å². The van der Waals surface area contributed by atoms with Crippen molar-refractivity contribution in [3.63, 3.8) is 0 Å². The molecule has 6 nitrogen and oxygen atoms in total. The van der Waals surface area contributed by atoms with Crippen molar-refractivity contribution in [1.82, 2.24) is 4.57 Å². The van der Waals surface area contributed by atoms with Crippen LogP contribution in [0.5, 0.6) is 0 Å². The molecular weight excluding hydrogens is 349 g/mol. The summed E-state index contributed by atoms with van der Waals surface area (Å²) in [6.45, 7) is 2.07. The van der Waals surface area contributed by atoms with E-state index in [0.717, 1.165) is 0 Å². The van der Waals surface area contributed by atoms with Crippen LogP contribution in [0.25, 0.3) is 10.8 Å². The molecule has 0 aliphatic heterocycles. The van der Waals surface area contributed by atoms with E-state index in [1.165, 1.54) is 10.6 Å². The first-order valence-electron chi connectivity index (χ1n) is 8.50. The van der Waals surface area contributed by atoms with Crippen LogP contribution in [-0.2, 0) is 22.6 Å². The van der Waals surface area contributed by atoms with Crippen LogP contribution < -0.4 is 16.8 Å². The van der Waals surface area contributed by atoms with Crippen molar-refractivity contribution < 1.29 is 14.0 Å². The molecule has 1 amide bonds. The number of halogens is 1. The molecule has 0 aliphatic carbocycles. The number of nitrogens with one attached hydrogen (secondary N) is 1. The Morgan fingerprint density at radius 3 is 2.70 bits per heavy atom. The summed E-state index contributed by atoms with van der Waals surface area (Å²) >= 11 is 0. The van der Waals surface area contributed by atoms with Crippen LogP contribution in [0.4, 0.5) is 10.1 Å². The highest BCUT2D eigenvalue weighted by atomic mass is 19.1. The van der Waals surface area contributed by atoms with Gasteiger partial charge in [-0.25, -0.2) is 10.3 Å². The molecule has 140 valence electrons. The summed E-state index contributed by atoms with van der Waals surface area (Å²) in [7, 11) is 0. The van der Waals surface area contributed by atoms with E-state index in [1.54, 1.807) is 55.6 Å². The van der Waals surface area contributed by atoms with Crippen molar-refractivity contribution in [2.24, 2.45) is 5.90 Å². The molecule has 0 radical (unpaired) electrons. The van der Waals surface area contributed by atoms with Gasteiger partial charge in [-0.3, -0.25) is 14.4 Å². The molecule has 3 aromatic rings. The van der Waals surface area contributed by atoms with Gasteiger partial charge in [0, 0.05) is 22.7 Å². The van der Waals surface area contributed by atoms with Crippen molar-refractivity contribution >= 4 is 22.4 Å². The smallest absolute Gasteiger partial charge is 0.258 e. The summed E-state index contributed by atoms with van der Waals surface area (Å²) < 4.78 is 15.2. The van der Waals surface area contributed by atoms with Crippen molar-refractivity contribution in [2.75, 3.05) is 5.32 Å². The Balaban J connectivity index is 1.87. The number of carbonyl (C=O) groups excluding carboxylic acids is 1. The SMILES string of the molecule is CC(Cn1ccc2c(NC(=O)Cc3ccccc3F)cccc2c1=O)ON. The number of benzene rings is 2. The minimum atomic E-state index is -0.426. The minimum Gasteiger partial charge on any atom is -0.325 e. The van der Waals surface area contributed by atoms with E-state index in [4.69, 9.17) is 10.7 Å². The van der Waals surface area contributed by atoms with E-state index < -0.39 is 5.82 Å². The zero-order chi connectivity index (χ0) is 19.4. The number of aromatic nitrogens is 1. The highest BCUT2D eigenvalue weighted by Crippen LogP contribution is 2.21. The molecule has 7 heteroatoms. The number of nitrogens with zero attached hydrogens (tertiary/aromatic N) is 1. The second kappa shape index (κ2) is 8.11. The predicted molar refractivity (Wildman–Crippen MR) is 102 cm³/mol. The monoisotopic (exact) mass is 369 g/mol. The van der Waals surface area contributed by atoms with Gasteiger partial charge in [-0.05, 0) is 36.8 Å². The number of rotatable bonds is 6. The Bertz CT molecular complexity index is 1030. The number of anilines is 1. The Morgan fingerprint density at radius 1 is 1.19 bits per heavy atom. The minimum absolute atomic E-state index is 0.0918. The summed E-state index contributed by atoms with van der Waals surface area (Å²) in [5.74, 6) is 4.36. The van der Waals surface area contributed by atoms with Gasteiger partial charge in [0.15, 0.2) is 0 Å². The van der Waals surface area contributed by atoms with Crippen molar-refractivity contribution in [3.8, 4) is 0 Å². The molecule has 27 heavy (non-hydrogen) atoms. The second-order valence-electron chi connectivity index (χ2n) is 6.30. The highest BCUT2D eigenvalue weighted by molar-refractivity contribution is 6.02. The van der Waals surface area contributed by atoms with Crippen LogP contribution >= 0.6 is 0 Å². The first-order chi connectivity index (χ1) is 13.0. The third kappa shape index (κ3) is 4.21. The number of hydrogen-bond acceptors (Lipinski definition) is 4. The van der Waals surface area contributed by atoms with Crippen LogP contribution in [0.15, 0.2) is 59.5 Å². The molecule has 0 spiro atoms. The van der Waals surface area contributed by atoms with Gasteiger partial charge in [0.05, 0.1) is 19.1 Å². The average Bonchev–Trinajstić information content (AvgIpc) is 2.66. The number of nitrogens with two attached hydrogens (primary N) is 1. The number of carbonyl (C=O) groups is 1. The number of amides is 1. The first kappa shape index (κ1) is 18.8. The molecule has 3 rings (SSSR count). The predicted octanol–water partition coefficient (Wildman–Crippen LogP) is 2.60. The van der Waals surface area contributed by atoms with Gasteiger partial charge < -0.3 is 9.88 Å². The topological polar surface area (TPSA) is 86.3 Å². The molecular formula is C20H20FN3O3. The maximum Gasteiger partial charge on any atom is 0.258 e. The number of fused-ring (bicyclic) bond motifs is 1. The van der Waals surface area contributed by atoms with Gasteiger partial charge >= 0.3 is 0 Å². The first-order valence-corrected chi connectivity index (χ1v) is 8.50. The molecule has 0 fully saturated rings. The summed E-state index contributed by atoms with van der Waals surface area (Å²) in [4.78, 5) is 29.7. The fraction of sp³-hybridized carbons (Fsp3) is 0.200. The van der Waals surface area contributed by atoms with E-state index in [0.29, 0.717) is 28.6 Å². The van der Waals surface area contributed by atoms with Crippen LogP contribution in [0.2, 0.25) is 0 Å². The second-order valence-corrected chi connectivity index (χ2v) is 6.30. The maximum atomic E-state index is 13.7. The average molecular weight is 369 g/mol. The Kier molecular flexibility index (Phi) is 5.63. The molecule has 0 aliphatic rings. The van der Waals surface area contributed by atoms with Crippen molar-refractivity contribution in [3.05, 3.63) is 76.5 Å². The molecule has 3 N–H and O–H groups in total. The maximum absolute atomic E-state index is 13.7. The fourth-order valence-electron chi connectivity index (χ4n) is 2.90. The Hall–Kier alpha value is -3.03. The summed E-state index contributed by atoms with van der Waals surface area (Å²) in [6.07, 6.45) is 1.22. The van der Waals surface area contributed by atoms with Gasteiger partial charge in [-0.15, -0.1) is 0 Å². The third-order valence-corrected chi connectivity index (χ3v) is 4.29. The van der Waals surface area contributed by atoms with E-state index >= 15 is 0 Å². The molecule has 0 bridgehead atoms. The van der Waals surface area contributed by atoms with Gasteiger partial charge in [-0.2, -0.15) is 0 Å². The van der Waals surface area contributed by atoms with E-state index in [9.17, 15) is 14.0 Å². The molecule has 2 aromatic carbocycles. The number of pyridine rings is 1. The molecule has 1 unspecified atom stereocenters. The van der Waals surface area contributed by atoms with Crippen LogP contribution in [-0.4, -0.2) is 16.6 Å². The zero-order valence-corrected chi connectivity index (χ0v) is 14.8. The van der Waals surface area contributed by atoms with Crippen LogP contribution in [0.1, 0.15) is 12.5 Å². The van der Waals surface area contributed by atoms with Crippen molar-refractivity contribution in [1.29, 1.82) is 0 Å². The lowest BCUT2D eigenvalue weighted by Crippen LogP contribution is -2.28. The van der Waals surface area contributed by atoms with Crippen LogP contribution in [0.3, 0.4) is 0 Å². The van der Waals surface area contributed by atoms with Gasteiger partial charge in [0.25, 0.3) is 5.56 Å². The summed E-state index contributed by atoms with van der Waals surface area (Å²) in [5.41, 5.74) is 0.608. The third-order valence-electron chi connectivity index (χ3n) is 4.29. The zero-order valence-electron chi connectivity index (χ0n) is 14.8. The molecule has 0 saturated carbocycles. The van der Waals surface area contributed by atoms with E-state index in [-0.39, 0.29) is 24.0 Å². The lowest BCUT2D eigenvalue weighted by Gasteiger charge is -2.13. The van der Waals surface area contributed by atoms with Gasteiger partial charge in [0.2, 0.25) is 5.91 Å². The molecule has 1 aromatic heterocycles. The summed E-state index contributed by atoms with van der Waals surface area (Å²) in [5, 5.41) is 3.84. The van der Waals surface area contributed by atoms with Crippen LogP contribution in [0, 0.1) is 5.82 Å². The molecule has 1 atom stereocenters. The molecule has 1 heterocycles. The lowest BCUT2D eigenvalue weighted by molar-refractivity contribution is -0.115. The summed E-state index contributed by atoms with van der Waals surface area (Å²) in [6, 6.07) is 13.0. The van der Waals surface area contributed by atoms with Gasteiger partial charge in [0.1, 0.15) is 5.82 Å². The fourth-order valence-corrected chi connectivity index (χ4v) is 2.90. The van der Waals surface area contributed by atoms with E-state index in [1.807, 2.05) is 0 Å². The molecule has 0 saturated heterocycles. The van der Waals surface area contributed by atoms with Gasteiger partial charge in [-0.1, -0.05) is 24.3 Å². The Morgan fingerprint density at radius 2 is 1.96 bits per heavy atom. The lowest BCUT2D eigenvalue weighted by atomic mass is 10.1.